The van der Waals surface area contributed by atoms with Crippen molar-refractivity contribution in [3.8, 4) is 0 Å². The highest BCUT2D eigenvalue weighted by molar-refractivity contribution is 6.30. The summed E-state index contributed by atoms with van der Waals surface area (Å²) in [5.74, 6) is -0.0419. The van der Waals surface area contributed by atoms with Gasteiger partial charge in [0, 0.05) is 28.5 Å². The lowest BCUT2D eigenvalue weighted by Gasteiger charge is -1.99. The number of halogens is 2. The number of carbonyl (C=O) groups is 1. The molecule has 0 N–H and O–H groups in total. The van der Waals surface area contributed by atoms with Crippen LogP contribution in [0.25, 0.3) is 0 Å². The molecule has 0 unspecified atom stereocenters. The molecule has 0 atom stereocenters. The largest absolute Gasteiger partial charge is 0.289 e. The van der Waals surface area contributed by atoms with Crippen LogP contribution in [-0.4, -0.2) is 10.8 Å². The van der Waals surface area contributed by atoms with Gasteiger partial charge in [-0.3, -0.25) is 9.78 Å². The van der Waals surface area contributed by atoms with Crippen molar-refractivity contribution in [3.05, 3.63) is 64.9 Å². The molecule has 4 heteroatoms. The number of rotatable bonds is 2. The first-order chi connectivity index (χ1) is 7.27. The first-order valence-corrected chi connectivity index (χ1v) is 4.85. The SMILES string of the molecule is Cl.O=C(c1ccc(Cl)cc1)c1cccnc1. The summed E-state index contributed by atoms with van der Waals surface area (Å²) >= 11 is 5.74. The smallest absolute Gasteiger partial charge is 0.194 e. The van der Waals surface area contributed by atoms with Crippen LogP contribution in [0.3, 0.4) is 0 Å². The molecule has 2 aromatic rings. The van der Waals surface area contributed by atoms with Crippen molar-refractivity contribution in [2.75, 3.05) is 0 Å². The van der Waals surface area contributed by atoms with Crippen LogP contribution in [0.4, 0.5) is 0 Å². The summed E-state index contributed by atoms with van der Waals surface area (Å²) in [6.07, 6.45) is 3.19. The Bertz CT molecular complexity index is 468. The van der Waals surface area contributed by atoms with Crippen molar-refractivity contribution in [2.45, 2.75) is 0 Å². The number of aromatic nitrogens is 1. The van der Waals surface area contributed by atoms with E-state index >= 15 is 0 Å². The number of ketones is 1. The highest BCUT2D eigenvalue weighted by Crippen LogP contribution is 2.12. The third kappa shape index (κ3) is 2.81. The van der Waals surface area contributed by atoms with Crippen LogP contribution in [0.15, 0.2) is 48.8 Å². The van der Waals surface area contributed by atoms with Crippen LogP contribution in [0, 0.1) is 0 Å². The van der Waals surface area contributed by atoms with E-state index in [9.17, 15) is 4.79 Å². The molecule has 1 aromatic carbocycles. The van der Waals surface area contributed by atoms with Crippen molar-refractivity contribution in [1.29, 1.82) is 0 Å². The quantitative estimate of drug-likeness (QED) is 0.769. The third-order valence-electron chi connectivity index (χ3n) is 2.03. The summed E-state index contributed by atoms with van der Waals surface area (Å²) in [6.45, 7) is 0. The van der Waals surface area contributed by atoms with Gasteiger partial charge in [-0.05, 0) is 36.4 Å². The Hall–Kier alpha value is -1.38. The van der Waals surface area contributed by atoms with Gasteiger partial charge in [-0.25, -0.2) is 0 Å². The minimum atomic E-state index is -0.0419. The van der Waals surface area contributed by atoms with Gasteiger partial charge >= 0.3 is 0 Å². The average molecular weight is 254 g/mol. The van der Waals surface area contributed by atoms with Gasteiger partial charge in [0.1, 0.15) is 0 Å². The molecule has 0 amide bonds. The van der Waals surface area contributed by atoms with Gasteiger partial charge in [0.05, 0.1) is 0 Å². The summed E-state index contributed by atoms with van der Waals surface area (Å²) in [7, 11) is 0. The predicted octanol–water partition coefficient (Wildman–Crippen LogP) is 3.39. The van der Waals surface area contributed by atoms with Gasteiger partial charge in [-0.15, -0.1) is 12.4 Å². The third-order valence-corrected chi connectivity index (χ3v) is 2.28. The molecule has 0 bridgehead atoms. The molecule has 1 aromatic heterocycles. The second kappa shape index (κ2) is 5.64. The molecular formula is C12H9Cl2NO. The Morgan fingerprint density at radius 3 is 2.31 bits per heavy atom. The monoisotopic (exact) mass is 253 g/mol. The van der Waals surface area contributed by atoms with Crippen molar-refractivity contribution < 1.29 is 4.79 Å². The number of pyridine rings is 1. The Balaban J connectivity index is 0.00000128. The summed E-state index contributed by atoms with van der Waals surface area (Å²) in [5.41, 5.74) is 1.20. The van der Waals surface area contributed by atoms with Gasteiger partial charge in [0.15, 0.2) is 5.78 Å². The molecule has 0 radical (unpaired) electrons. The van der Waals surface area contributed by atoms with E-state index < -0.39 is 0 Å². The van der Waals surface area contributed by atoms with Crippen molar-refractivity contribution in [3.63, 3.8) is 0 Å². The van der Waals surface area contributed by atoms with E-state index in [1.165, 1.54) is 0 Å². The lowest BCUT2D eigenvalue weighted by Crippen LogP contribution is -2.00. The van der Waals surface area contributed by atoms with Crippen molar-refractivity contribution in [1.82, 2.24) is 4.98 Å². The lowest BCUT2D eigenvalue weighted by atomic mass is 10.1. The molecule has 1 heterocycles. The zero-order chi connectivity index (χ0) is 10.7. The zero-order valence-electron chi connectivity index (χ0n) is 8.26. The van der Waals surface area contributed by atoms with E-state index in [1.54, 1.807) is 48.8 Å². The van der Waals surface area contributed by atoms with Gasteiger partial charge in [0.2, 0.25) is 0 Å². The first kappa shape index (κ1) is 12.7. The predicted molar refractivity (Wildman–Crippen MR) is 66.4 cm³/mol. The van der Waals surface area contributed by atoms with E-state index in [-0.39, 0.29) is 18.2 Å². The normalized spacial score (nSPS) is 9.31. The highest BCUT2D eigenvalue weighted by atomic mass is 35.5. The molecule has 16 heavy (non-hydrogen) atoms. The fraction of sp³-hybridized carbons (Fsp3) is 0. The fourth-order valence-corrected chi connectivity index (χ4v) is 1.39. The number of hydrogen-bond donors (Lipinski definition) is 0. The van der Waals surface area contributed by atoms with Crippen LogP contribution >= 0.6 is 24.0 Å². The molecule has 0 aliphatic carbocycles. The lowest BCUT2D eigenvalue weighted by molar-refractivity contribution is 0.103. The Morgan fingerprint density at radius 1 is 1.06 bits per heavy atom. The van der Waals surface area contributed by atoms with Gasteiger partial charge in [0.25, 0.3) is 0 Å². The maximum Gasteiger partial charge on any atom is 0.194 e. The number of benzene rings is 1. The molecule has 2 rings (SSSR count). The molecule has 0 aliphatic heterocycles. The van der Waals surface area contributed by atoms with E-state index in [1.807, 2.05) is 0 Å². The first-order valence-electron chi connectivity index (χ1n) is 4.47. The molecule has 2 nitrogen and oxygen atoms in total. The zero-order valence-corrected chi connectivity index (χ0v) is 9.83. The molecular weight excluding hydrogens is 245 g/mol. The molecule has 0 aliphatic rings. The minimum Gasteiger partial charge on any atom is -0.289 e. The van der Waals surface area contributed by atoms with Crippen LogP contribution in [0.1, 0.15) is 15.9 Å². The van der Waals surface area contributed by atoms with Crippen LogP contribution < -0.4 is 0 Å². The van der Waals surface area contributed by atoms with Crippen molar-refractivity contribution >= 4 is 29.8 Å². The summed E-state index contributed by atoms with van der Waals surface area (Å²) in [5, 5.41) is 0.623. The number of nitrogens with zero attached hydrogens (tertiary/aromatic N) is 1. The Kier molecular flexibility index (Phi) is 4.47. The molecule has 0 fully saturated rings. The van der Waals surface area contributed by atoms with Gasteiger partial charge in [-0.1, -0.05) is 11.6 Å². The Labute approximate surface area is 105 Å². The second-order valence-electron chi connectivity index (χ2n) is 3.08. The van der Waals surface area contributed by atoms with E-state index in [0.29, 0.717) is 16.1 Å². The second-order valence-corrected chi connectivity index (χ2v) is 3.51. The molecule has 0 saturated heterocycles. The molecule has 0 spiro atoms. The molecule has 82 valence electrons. The molecule has 0 saturated carbocycles. The standard InChI is InChI=1S/C12H8ClNO.ClH/c13-11-5-3-9(4-6-11)12(15)10-2-1-7-14-8-10;/h1-8H;1H. The van der Waals surface area contributed by atoms with E-state index in [2.05, 4.69) is 4.98 Å². The van der Waals surface area contributed by atoms with Gasteiger partial charge < -0.3 is 0 Å². The topological polar surface area (TPSA) is 30.0 Å². The van der Waals surface area contributed by atoms with Crippen molar-refractivity contribution in [2.24, 2.45) is 0 Å². The summed E-state index contributed by atoms with van der Waals surface area (Å²) in [4.78, 5) is 15.8. The van der Waals surface area contributed by atoms with Gasteiger partial charge in [-0.2, -0.15) is 0 Å². The summed E-state index contributed by atoms with van der Waals surface area (Å²) in [6, 6.07) is 10.3. The maximum atomic E-state index is 11.9. The van der Waals surface area contributed by atoms with E-state index in [4.69, 9.17) is 11.6 Å². The summed E-state index contributed by atoms with van der Waals surface area (Å²) < 4.78 is 0. The van der Waals surface area contributed by atoms with Crippen LogP contribution in [0.5, 0.6) is 0 Å². The number of carbonyl (C=O) groups excluding carboxylic acids is 1. The average Bonchev–Trinajstić information content (AvgIpc) is 2.30. The Morgan fingerprint density at radius 2 is 1.75 bits per heavy atom. The number of hydrogen-bond acceptors (Lipinski definition) is 2. The highest BCUT2D eigenvalue weighted by Gasteiger charge is 2.07. The fourth-order valence-electron chi connectivity index (χ4n) is 1.27. The van der Waals surface area contributed by atoms with Crippen LogP contribution in [-0.2, 0) is 0 Å². The van der Waals surface area contributed by atoms with E-state index in [0.717, 1.165) is 0 Å². The van der Waals surface area contributed by atoms with Crippen LogP contribution in [0.2, 0.25) is 5.02 Å². The maximum absolute atomic E-state index is 11.9. The minimum absolute atomic E-state index is 0.